The minimum absolute atomic E-state index is 0.169. The summed E-state index contributed by atoms with van der Waals surface area (Å²) in [6.07, 6.45) is 0.908. The molecule has 0 bridgehead atoms. The number of nitrogens with one attached hydrogen (secondary N) is 2. The highest BCUT2D eigenvalue weighted by molar-refractivity contribution is 5.74. The summed E-state index contributed by atoms with van der Waals surface area (Å²) >= 11 is 0. The second-order valence-corrected chi connectivity index (χ2v) is 4.21. The SMILES string of the molecule is CCC(C)NC(=O)NCCOc1ccccc1OC. The van der Waals surface area contributed by atoms with Gasteiger partial charge in [-0.3, -0.25) is 0 Å². The minimum Gasteiger partial charge on any atom is -0.493 e. The van der Waals surface area contributed by atoms with E-state index in [4.69, 9.17) is 9.47 Å². The molecule has 0 aliphatic rings. The molecule has 1 aromatic rings. The maximum Gasteiger partial charge on any atom is 0.315 e. The van der Waals surface area contributed by atoms with Crippen LogP contribution in [0.3, 0.4) is 0 Å². The molecule has 19 heavy (non-hydrogen) atoms. The van der Waals surface area contributed by atoms with E-state index < -0.39 is 0 Å². The van der Waals surface area contributed by atoms with Crippen LogP contribution in [0.5, 0.6) is 11.5 Å². The average Bonchev–Trinajstić information content (AvgIpc) is 2.43. The van der Waals surface area contributed by atoms with Crippen molar-refractivity contribution in [3.8, 4) is 11.5 Å². The van der Waals surface area contributed by atoms with Crippen molar-refractivity contribution in [2.24, 2.45) is 0 Å². The van der Waals surface area contributed by atoms with Gasteiger partial charge in [0.2, 0.25) is 0 Å². The predicted molar refractivity (Wildman–Crippen MR) is 74.8 cm³/mol. The zero-order valence-electron chi connectivity index (χ0n) is 11.7. The fourth-order valence-electron chi connectivity index (χ4n) is 1.44. The van der Waals surface area contributed by atoms with Crippen molar-refractivity contribution in [1.82, 2.24) is 10.6 Å². The quantitative estimate of drug-likeness (QED) is 0.744. The molecule has 0 saturated heterocycles. The lowest BCUT2D eigenvalue weighted by atomic mass is 10.3. The highest BCUT2D eigenvalue weighted by atomic mass is 16.5. The highest BCUT2D eigenvalue weighted by Gasteiger charge is 2.05. The third-order valence-electron chi connectivity index (χ3n) is 2.70. The molecule has 5 nitrogen and oxygen atoms in total. The summed E-state index contributed by atoms with van der Waals surface area (Å²) in [4.78, 5) is 11.4. The molecular formula is C14H22N2O3. The fourth-order valence-corrected chi connectivity index (χ4v) is 1.44. The summed E-state index contributed by atoms with van der Waals surface area (Å²) in [5, 5.41) is 5.56. The van der Waals surface area contributed by atoms with E-state index in [-0.39, 0.29) is 12.1 Å². The molecule has 0 fully saturated rings. The van der Waals surface area contributed by atoms with Gasteiger partial charge in [0.15, 0.2) is 11.5 Å². The Bertz CT molecular complexity index is 396. The van der Waals surface area contributed by atoms with Gasteiger partial charge in [-0.05, 0) is 25.5 Å². The van der Waals surface area contributed by atoms with Gasteiger partial charge in [-0.15, -0.1) is 0 Å². The van der Waals surface area contributed by atoms with E-state index in [0.29, 0.717) is 24.7 Å². The van der Waals surface area contributed by atoms with Gasteiger partial charge >= 0.3 is 6.03 Å². The van der Waals surface area contributed by atoms with Gasteiger partial charge in [-0.2, -0.15) is 0 Å². The number of benzene rings is 1. The van der Waals surface area contributed by atoms with Crippen LogP contribution >= 0.6 is 0 Å². The van der Waals surface area contributed by atoms with Crippen LogP contribution in [-0.4, -0.2) is 32.3 Å². The third kappa shape index (κ3) is 5.50. The molecule has 1 aromatic carbocycles. The summed E-state index contributed by atoms with van der Waals surface area (Å²) in [6, 6.07) is 7.43. The second-order valence-electron chi connectivity index (χ2n) is 4.21. The van der Waals surface area contributed by atoms with E-state index in [1.807, 2.05) is 38.1 Å². The van der Waals surface area contributed by atoms with Crippen LogP contribution in [-0.2, 0) is 0 Å². The molecule has 106 valence electrons. The number of para-hydroxylation sites is 2. The molecule has 2 N–H and O–H groups in total. The van der Waals surface area contributed by atoms with Crippen LogP contribution < -0.4 is 20.1 Å². The van der Waals surface area contributed by atoms with Crippen LogP contribution in [0.2, 0.25) is 0 Å². The standard InChI is InChI=1S/C14H22N2O3/c1-4-11(2)16-14(17)15-9-10-19-13-8-6-5-7-12(13)18-3/h5-8,11H,4,9-10H2,1-3H3,(H2,15,16,17). The number of ether oxygens (including phenoxy) is 2. The summed E-state index contributed by atoms with van der Waals surface area (Å²) < 4.78 is 10.7. The third-order valence-corrected chi connectivity index (χ3v) is 2.70. The minimum atomic E-state index is -0.169. The molecule has 0 radical (unpaired) electrons. The number of hydrogen-bond acceptors (Lipinski definition) is 3. The highest BCUT2D eigenvalue weighted by Crippen LogP contribution is 2.25. The van der Waals surface area contributed by atoms with Crippen molar-refractivity contribution < 1.29 is 14.3 Å². The number of methoxy groups -OCH3 is 1. The maximum atomic E-state index is 11.4. The van der Waals surface area contributed by atoms with Crippen molar-refractivity contribution in [3.63, 3.8) is 0 Å². The molecule has 2 amide bonds. The fraction of sp³-hybridized carbons (Fsp3) is 0.500. The Balaban J connectivity index is 2.25. The van der Waals surface area contributed by atoms with E-state index in [0.717, 1.165) is 6.42 Å². The van der Waals surface area contributed by atoms with E-state index in [9.17, 15) is 4.79 Å². The molecule has 1 rings (SSSR count). The normalized spacial score (nSPS) is 11.5. The lowest BCUT2D eigenvalue weighted by molar-refractivity contribution is 0.232. The van der Waals surface area contributed by atoms with Gasteiger partial charge in [0, 0.05) is 6.04 Å². The van der Waals surface area contributed by atoms with Gasteiger partial charge in [-0.1, -0.05) is 19.1 Å². The molecule has 0 aliphatic carbocycles. The monoisotopic (exact) mass is 266 g/mol. The predicted octanol–water partition coefficient (Wildman–Crippen LogP) is 2.17. The smallest absolute Gasteiger partial charge is 0.315 e. The van der Waals surface area contributed by atoms with Gasteiger partial charge in [0.25, 0.3) is 0 Å². The number of urea groups is 1. The molecule has 0 aromatic heterocycles. The number of hydrogen-bond donors (Lipinski definition) is 2. The van der Waals surface area contributed by atoms with Crippen LogP contribution in [0.25, 0.3) is 0 Å². The van der Waals surface area contributed by atoms with Crippen LogP contribution in [0.15, 0.2) is 24.3 Å². The largest absolute Gasteiger partial charge is 0.493 e. The van der Waals surface area contributed by atoms with Crippen LogP contribution in [0.1, 0.15) is 20.3 Å². The summed E-state index contributed by atoms with van der Waals surface area (Å²) in [7, 11) is 1.60. The zero-order valence-corrected chi connectivity index (χ0v) is 11.7. The molecule has 0 heterocycles. The Morgan fingerprint density at radius 1 is 1.32 bits per heavy atom. The number of rotatable bonds is 7. The molecule has 1 unspecified atom stereocenters. The first kappa shape index (κ1) is 15.1. The van der Waals surface area contributed by atoms with Crippen LogP contribution in [0.4, 0.5) is 4.79 Å². The lowest BCUT2D eigenvalue weighted by Crippen LogP contribution is -2.41. The molecular weight excluding hydrogens is 244 g/mol. The van der Waals surface area contributed by atoms with Gasteiger partial charge in [-0.25, -0.2) is 4.79 Å². The average molecular weight is 266 g/mol. The Hall–Kier alpha value is -1.91. The molecule has 0 saturated carbocycles. The second kappa shape index (κ2) is 8.24. The Labute approximate surface area is 114 Å². The van der Waals surface area contributed by atoms with Crippen molar-refractivity contribution in [2.75, 3.05) is 20.3 Å². The van der Waals surface area contributed by atoms with Gasteiger partial charge in [0.1, 0.15) is 6.61 Å². The number of carbonyl (C=O) groups excluding carboxylic acids is 1. The summed E-state index contributed by atoms with van der Waals surface area (Å²) in [5.74, 6) is 1.36. The Kier molecular flexibility index (Phi) is 6.57. The molecule has 5 heteroatoms. The number of amides is 2. The molecule has 0 spiro atoms. The van der Waals surface area contributed by atoms with E-state index in [1.54, 1.807) is 7.11 Å². The molecule has 0 aliphatic heterocycles. The lowest BCUT2D eigenvalue weighted by Gasteiger charge is -2.13. The van der Waals surface area contributed by atoms with E-state index in [1.165, 1.54) is 0 Å². The van der Waals surface area contributed by atoms with E-state index in [2.05, 4.69) is 10.6 Å². The van der Waals surface area contributed by atoms with Gasteiger partial charge < -0.3 is 20.1 Å². The first-order valence-corrected chi connectivity index (χ1v) is 6.47. The summed E-state index contributed by atoms with van der Waals surface area (Å²) in [5.41, 5.74) is 0. The first-order chi connectivity index (χ1) is 9.17. The van der Waals surface area contributed by atoms with Crippen molar-refractivity contribution >= 4 is 6.03 Å². The Morgan fingerprint density at radius 2 is 2.00 bits per heavy atom. The first-order valence-electron chi connectivity index (χ1n) is 6.47. The summed E-state index contributed by atoms with van der Waals surface area (Å²) in [6.45, 7) is 4.83. The van der Waals surface area contributed by atoms with Gasteiger partial charge in [0.05, 0.1) is 13.7 Å². The van der Waals surface area contributed by atoms with Crippen molar-refractivity contribution in [1.29, 1.82) is 0 Å². The van der Waals surface area contributed by atoms with Crippen molar-refractivity contribution in [3.05, 3.63) is 24.3 Å². The number of carbonyl (C=O) groups is 1. The van der Waals surface area contributed by atoms with Crippen molar-refractivity contribution in [2.45, 2.75) is 26.3 Å². The molecule has 1 atom stereocenters. The van der Waals surface area contributed by atoms with E-state index >= 15 is 0 Å². The Morgan fingerprint density at radius 3 is 2.63 bits per heavy atom. The zero-order chi connectivity index (χ0) is 14.1. The van der Waals surface area contributed by atoms with Crippen LogP contribution in [0, 0.1) is 0 Å². The maximum absolute atomic E-state index is 11.4. The topological polar surface area (TPSA) is 59.6 Å².